The number of aromatic nitrogens is 4. The van der Waals surface area contributed by atoms with Gasteiger partial charge in [-0.1, -0.05) is 75.7 Å². The van der Waals surface area contributed by atoms with E-state index in [1.54, 1.807) is 0 Å². The SMILES string of the molecule is Cc1nn(-c2[c-]c(Oc3[c-]c4c(cc3)c3cc(CCC(C)C)ccc3n4-c3cc(C(C)C)ccn3)ccc2)c(C)c1-c1ccccc1.[Pt+2]. The van der Waals surface area contributed by atoms with Gasteiger partial charge < -0.3 is 9.30 Å². The summed E-state index contributed by atoms with van der Waals surface area (Å²) in [6.07, 6.45) is 4.12. The minimum absolute atomic E-state index is 0. The molecule has 0 aliphatic rings. The molecular formula is C42H40N4OPt. The summed E-state index contributed by atoms with van der Waals surface area (Å²) in [5, 5.41) is 7.21. The van der Waals surface area contributed by atoms with E-state index < -0.39 is 0 Å². The van der Waals surface area contributed by atoms with Gasteiger partial charge in [-0.05, 0) is 84.5 Å². The predicted molar refractivity (Wildman–Crippen MR) is 192 cm³/mol. The van der Waals surface area contributed by atoms with Crippen molar-refractivity contribution in [1.82, 2.24) is 19.3 Å². The second-order valence-corrected chi connectivity index (χ2v) is 13.1. The van der Waals surface area contributed by atoms with Gasteiger partial charge in [0.15, 0.2) is 0 Å². The first-order valence-electron chi connectivity index (χ1n) is 16.5. The van der Waals surface area contributed by atoms with E-state index in [-0.39, 0.29) is 21.1 Å². The molecule has 48 heavy (non-hydrogen) atoms. The maximum atomic E-state index is 6.46. The molecule has 7 aromatic rings. The Bertz CT molecular complexity index is 2210. The van der Waals surface area contributed by atoms with Crippen LogP contribution in [0.2, 0.25) is 0 Å². The molecule has 0 amide bonds. The van der Waals surface area contributed by atoms with Crippen LogP contribution in [-0.2, 0) is 27.5 Å². The third kappa shape index (κ3) is 6.49. The number of aryl methyl sites for hydroxylation is 2. The van der Waals surface area contributed by atoms with Crippen LogP contribution in [0.15, 0.2) is 97.2 Å². The van der Waals surface area contributed by atoms with E-state index in [1.807, 2.05) is 41.2 Å². The van der Waals surface area contributed by atoms with E-state index in [0.29, 0.717) is 23.3 Å². The van der Waals surface area contributed by atoms with Gasteiger partial charge in [0.2, 0.25) is 0 Å². The third-order valence-corrected chi connectivity index (χ3v) is 8.94. The van der Waals surface area contributed by atoms with Crippen LogP contribution in [0, 0.1) is 31.9 Å². The molecule has 0 N–H and O–H groups in total. The van der Waals surface area contributed by atoms with Crippen LogP contribution in [0.3, 0.4) is 0 Å². The maximum Gasteiger partial charge on any atom is 2.00 e. The number of fused-ring (bicyclic) bond motifs is 3. The molecular weight excluding hydrogens is 772 g/mol. The Morgan fingerprint density at radius 3 is 2.35 bits per heavy atom. The molecule has 0 atom stereocenters. The molecule has 0 aliphatic carbocycles. The van der Waals surface area contributed by atoms with Crippen molar-refractivity contribution < 1.29 is 25.8 Å². The average Bonchev–Trinajstić information content (AvgIpc) is 3.56. The number of ether oxygens (including phenoxy) is 1. The summed E-state index contributed by atoms with van der Waals surface area (Å²) in [5.41, 5.74) is 9.79. The molecule has 0 radical (unpaired) electrons. The first-order chi connectivity index (χ1) is 22.8. The van der Waals surface area contributed by atoms with Gasteiger partial charge in [-0.3, -0.25) is 4.68 Å². The number of nitrogens with zero attached hydrogens (tertiary/aromatic N) is 4. The van der Waals surface area contributed by atoms with Crippen LogP contribution < -0.4 is 4.74 Å². The summed E-state index contributed by atoms with van der Waals surface area (Å²) >= 11 is 0. The maximum absolute atomic E-state index is 6.46. The van der Waals surface area contributed by atoms with E-state index in [1.165, 1.54) is 16.5 Å². The van der Waals surface area contributed by atoms with Crippen LogP contribution in [-0.4, -0.2) is 19.3 Å². The summed E-state index contributed by atoms with van der Waals surface area (Å²) in [5.74, 6) is 3.15. The van der Waals surface area contributed by atoms with Gasteiger partial charge in [0.25, 0.3) is 0 Å². The van der Waals surface area contributed by atoms with Crippen LogP contribution in [0.1, 0.15) is 62.5 Å². The molecule has 6 heteroatoms. The van der Waals surface area contributed by atoms with Gasteiger partial charge in [-0.25, -0.2) is 4.98 Å². The third-order valence-electron chi connectivity index (χ3n) is 8.94. The summed E-state index contributed by atoms with van der Waals surface area (Å²) < 4.78 is 10.6. The number of rotatable bonds is 9. The van der Waals surface area contributed by atoms with Gasteiger partial charge in [0, 0.05) is 34.5 Å². The van der Waals surface area contributed by atoms with Crippen molar-refractivity contribution in [3.63, 3.8) is 0 Å². The molecule has 4 aromatic carbocycles. The predicted octanol–water partition coefficient (Wildman–Crippen LogP) is 10.8. The second-order valence-electron chi connectivity index (χ2n) is 13.1. The van der Waals surface area contributed by atoms with Gasteiger partial charge in [0.1, 0.15) is 5.82 Å². The standard InChI is InChI=1S/C42H40N4O.Pt/c1-27(2)15-16-31-17-20-39-38(23-31)37-19-18-36(26-40(37)45(39)41-24-33(28(3)4)21-22-43-41)47-35-14-10-13-34(25-35)46-30(6)42(29(5)44-46)32-11-8-7-9-12-32;/h7-14,17-24,27-28H,15-16H2,1-6H3;/q-2;+2. The second kappa shape index (κ2) is 13.9. The Hall–Kier alpha value is -4.47. The monoisotopic (exact) mass is 811 g/mol. The van der Waals surface area contributed by atoms with Gasteiger partial charge >= 0.3 is 21.1 Å². The molecule has 5 nitrogen and oxygen atoms in total. The molecule has 0 saturated heterocycles. The quantitative estimate of drug-likeness (QED) is 0.136. The topological polar surface area (TPSA) is 44.9 Å². The van der Waals surface area contributed by atoms with Gasteiger partial charge in [0.05, 0.1) is 5.69 Å². The summed E-state index contributed by atoms with van der Waals surface area (Å²) in [4.78, 5) is 4.83. The van der Waals surface area contributed by atoms with E-state index in [4.69, 9.17) is 14.8 Å². The zero-order chi connectivity index (χ0) is 32.7. The first kappa shape index (κ1) is 33.4. The van der Waals surface area contributed by atoms with Crippen molar-refractivity contribution in [3.05, 3.63) is 132 Å². The fraction of sp³-hybridized carbons (Fsp3) is 0.238. The number of hydrogen-bond acceptors (Lipinski definition) is 3. The molecule has 3 aromatic heterocycles. The zero-order valence-electron chi connectivity index (χ0n) is 28.3. The summed E-state index contributed by atoms with van der Waals surface area (Å²) in [6, 6.07) is 38.6. The fourth-order valence-electron chi connectivity index (χ4n) is 6.43. The average molecular weight is 812 g/mol. The molecule has 0 bridgehead atoms. The molecule has 3 heterocycles. The van der Waals surface area contributed by atoms with E-state index >= 15 is 0 Å². The van der Waals surface area contributed by atoms with Gasteiger partial charge in [-0.15, -0.1) is 35.7 Å². The van der Waals surface area contributed by atoms with Crippen molar-refractivity contribution in [1.29, 1.82) is 0 Å². The van der Waals surface area contributed by atoms with Crippen molar-refractivity contribution in [2.75, 3.05) is 0 Å². The summed E-state index contributed by atoms with van der Waals surface area (Å²) in [7, 11) is 0. The summed E-state index contributed by atoms with van der Waals surface area (Å²) in [6.45, 7) is 13.1. The van der Waals surface area contributed by atoms with Crippen molar-refractivity contribution in [3.8, 4) is 34.1 Å². The minimum atomic E-state index is 0. The molecule has 0 fully saturated rings. The van der Waals surface area contributed by atoms with E-state index in [2.05, 4.69) is 119 Å². The largest absolute Gasteiger partial charge is 2.00 e. The molecule has 0 aliphatic heterocycles. The Kier molecular flexibility index (Phi) is 9.71. The van der Waals surface area contributed by atoms with Crippen LogP contribution in [0.4, 0.5) is 0 Å². The molecule has 7 rings (SSSR count). The Balaban J connectivity index is 0.00000401. The normalized spacial score (nSPS) is 11.5. The smallest absolute Gasteiger partial charge is 0.509 e. The van der Waals surface area contributed by atoms with Crippen LogP contribution in [0.5, 0.6) is 11.5 Å². The Morgan fingerprint density at radius 1 is 0.792 bits per heavy atom. The number of hydrogen-bond donors (Lipinski definition) is 0. The van der Waals surface area contributed by atoms with Gasteiger partial charge in [-0.2, -0.15) is 17.2 Å². The van der Waals surface area contributed by atoms with Crippen LogP contribution in [0.25, 0.3) is 44.4 Å². The zero-order valence-corrected chi connectivity index (χ0v) is 30.6. The minimum Gasteiger partial charge on any atom is -0.509 e. The number of pyridine rings is 1. The van der Waals surface area contributed by atoms with E-state index in [0.717, 1.165) is 63.3 Å². The Morgan fingerprint density at radius 2 is 1.58 bits per heavy atom. The first-order valence-corrected chi connectivity index (χ1v) is 16.5. The fourth-order valence-corrected chi connectivity index (χ4v) is 6.43. The molecule has 244 valence electrons. The number of benzene rings is 4. The molecule has 0 unspecified atom stereocenters. The van der Waals surface area contributed by atoms with Crippen molar-refractivity contribution in [2.45, 2.75) is 60.3 Å². The van der Waals surface area contributed by atoms with Crippen molar-refractivity contribution in [2.24, 2.45) is 5.92 Å². The van der Waals surface area contributed by atoms with E-state index in [9.17, 15) is 0 Å². The van der Waals surface area contributed by atoms with Crippen LogP contribution >= 0.6 is 0 Å². The Labute approximate surface area is 297 Å². The van der Waals surface area contributed by atoms with Crippen molar-refractivity contribution >= 4 is 21.8 Å². The molecule has 0 spiro atoms. The molecule has 0 saturated carbocycles.